The van der Waals surface area contributed by atoms with Crippen molar-refractivity contribution in [3.63, 3.8) is 0 Å². The summed E-state index contributed by atoms with van der Waals surface area (Å²) in [6, 6.07) is 13.4. The highest BCUT2D eigenvalue weighted by Gasteiger charge is 2.24. The molecule has 0 aromatic heterocycles. The van der Waals surface area contributed by atoms with Gasteiger partial charge in [0, 0.05) is 5.56 Å². The lowest BCUT2D eigenvalue weighted by Gasteiger charge is -2.14. The SMILES string of the molecule is COc1ccc(CO)cc1OCC1COc2ccccc21. The quantitative estimate of drug-likeness (QED) is 0.918. The summed E-state index contributed by atoms with van der Waals surface area (Å²) in [6.07, 6.45) is 0. The molecule has 0 amide bonds. The van der Waals surface area contributed by atoms with E-state index in [4.69, 9.17) is 14.2 Å². The molecule has 0 bridgehead atoms. The maximum atomic E-state index is 9.22. The van der Waals surface area contributed by atoms with E-state index >= 15 is 0 Å². The molecule has 1 aliphatic heterocycles. The Morgan fingerprint density at radius 2 is 2.05 bits per heavy atom. The Morgan fingerprint density at radius 3 is 2.86 bits per heavy atom. The summed E-state index contributed by atoms with van der Waals surface area (Å²) < 4.78 is 16.8. The van der Waals surface area contributed by atoms with Gasteiger partial charge in [-0.15, -0.1) is 0 Å². The van der Waals surface area contributed by atoms with Crippen LogP contribution in [0, 0.1) is 0 Å². The number of hydrogen-bond acceptors (Lipinski definition) is 4. The van der Waals surface area contributed by atoms with Crippen molar-refractivity contribution in [3.05, 3.63) is 53.6 Å². The summed E-state index contributed by atoms with van der Waals surface area (Å²) in [4.78, 5) is 0. The second kappa shape index (κ2) is 6.06. The molecule has 1 aliphatic rings. The van der Waals surface area contributed by atoms with Crippen molar-refractivity contribution in [2.24, 2.45) is 0 Å². The van der Waals surface area contributed by atoms with Crippen LogP contribution in [-0.4, -0.2) is 25.4 Å². The lowest BCUT2D eigenvalue weighted by atomic mass is 10.0. The minimum atomic E-state index is -0.0181. The van der Waals surface area contributed by atoms with E-state index in [0.717, 1.165) is 11.3 Å². The average Bonchev–Trinajstić information content (AvgIpc) is 2.96. The van der Waals surface area contributed by atoms with Gasteiger partial charge in [-0.05, 0) is 23.8 Å². The molecule has 1 N–H and O–H groups in total. The predicted octanol–water partition coefficient (Wildman–Crippen LogP) is 2.74. The smallest absolute Gasteiger partial charge is 0.161 e. The van der Waals surface area contributed by atoms with Crippen molar-refractivity contribution < 1.29 is 19.3 Å². The Labute approximate surface area is 123 Å². The second-order valence-corrected chi connectivity index (χ2v) is 5.00. The molecular formula is C17H18O4. The fourth-order valence-electron chi connectivity index (χ4n) is 2.49. The Morgan fingerprint density at radius 1 is 1.19 bits per heavy atom. The van der Waals surface area contributed by atoms with E-state index < -0.39 is 0 Å². The van der Waals surface area contributed by atoms with Crippen molar-refractivity contribution >= 4 is 0 Å². The Bertz CT molecular complexity index is 624. The van der Waals surface area contributed by atoms with Crippen molar-refractivity contribution in [1.29, 1.82) is 0 Å². The number of aliphatic hydroxyl groups excluding tert-OH is 1. The molecule has 0 saturated carbocycles. The molecular weight excluding hydrogens is 268 g/mol. The van der Waals surface area contributed by atoms with Crippen molar-refractivity contribution in [1.82, 2.24) is 0 Å². The van der Waals surface area contributed by atoms with E-state index in [0.29, 0.717) is 24.7 Å². The van der Waals surface area contributed by atoms with Gasteiger partial charge in [-0.2, -0.15) is 0 Å². The number of fused-ring (bicyclic) bond motifs is 1. The molecule has 0 radical (unpaired) electrons. The fraction of sp³-hybridized carbons (Fsp3) is 0.294. The van der Waals surface area contributed by atoms with Crippen molar-refractivity contribution in [3.8, 4) is 17.2 Å². The normalized spacial score (nSPS) is 16.2. The number of para-hydroxylation sites is 1. The van der Waals surface area contributed by atoms with Crippen LogP contribution in [0.5, 0.6) is 17.2 Å². The van der Waals surface area contributed by atoms with Crippen LogP contribution in [-0.2, 0) is 6.61 Å². The predicted molar refractivity (Wildman–Crippen MR) is 79.1 cm³/mol. The summed E-state index contributed by atoms with van der Waals surface area (Å²) in [5.41, 5.74) is 1.98. The van der Waals surface area contributed by atoms with Crippen LogP contribution < -0.4 is 14.2 Å². The molecule has 1 unspecified atom stereocenters. The maximum absolute atomic E-state index is 9.22. The van der Waals surface area contributed by atoms with Crippen LogP contribution >= 0.6 is 0 Å². The molecule has 1 atom stereocenters. The topological polar surface area (TPSA) is 47.9 Å². The first-order chi connectivity index (χ1) is 10.3. The summed E-state index contributed by atoms with van der Waals surface area (Å²) >= 11 is 0. The zero-order valence-corrected chi connectivity index (χ0v) is 11.9. The van der Waals surface area contributed by atoms with E-state index in [2.05, 4.69) is 6.07 Å². The number of methoxy groups -OCH3 is 1. The van der Waals surface area contributed by atoms with Crippen molar-refractivity contribution in [2.45, 2.75) is 12.5 Å². The van der Waals surface area contributed by atoms with E-state index in [9.17, 15) is 5.11 Å². The molecule has 0 fully saturated rings. The summed E-state index contributed by atoms with van der Waals surface area (Å²) in [5, 5.41) is 9.22. The number of hydrogen-bond donors (Lipinski definition) is 1. The summed E-state index contributed by atoms with van der Waals surface area (Å²) in [7, 11) is 1.61. The first-order valence-electron chi connectivity index (χ1n) is 6.94. The van der Waals surface area contributed by atoms with Gasteiger partial charge in [-0.3, -0.25) is 0 Å². The van der Waals surface area contributed by atoms with Crippen LogP contribution in [0.4, 0.5) is 0 Å². The molecule has 1 heterocycles. The maximum Gasteiger partial charge on any atom is 0.161 e. The highest BCUT2D eigenvalue weighted by Crippen LogP contribution is 2.35. The van der Waals surface area contributed by atoms with Crippen LogP contribution in [0.2, 0.25) is 0 Å². The Hall–Kier alpha value is -2.20. The highest BCUT2D eigenvalue weighted by atomic mass is 16.5. The molecule has 4 heteroatoms. The highest BCUT2D eigenvalue weighted by molar-refractivity contribution is 5.43. The third kappa shape index (κ3) is 2.81. The largest absolute Gasteiger partial charge is 0.493 e. The van der Waals surface area contributed by atoms with Gasteiger partial charge in [0.25, 0.3) is 0 Å². The van der Waals surface area contributed by atoms with Crippen molar-refractivity contribution in [2.75, 3.05) is 20.3 Å². The average molecular weight is 286 g/mol. The Kier molecular flexibility index (Phi) is 3.97. The number of rotatable bonds is 5. The standard InChI is InChI=1S/C17H18O4/c1-19-16-7-6-12(9-18)8-17(16)21-11-13-10-20-15-5-3-2-4-14(13)15/h2-8,13,18H,9-11H2,1H3. The fourth-order valence-corrected chi connectivity index (χ4v) is 2.49. The molecule has 0 aliphatic carbocycles. The van der Waals surface area contributed by atoms with Gasteiger partial charge in [0.15, 0.2) is 11.5 Å². The Balaban J connectivity index is 1.74. The van der Waals surface area contributed by atoms with Gasteiger partial charge >= 0.3 is 0 Å². The van der Waals surface area contributed by atoms with Gasteiger partial charge in [-0.25, -0.2) is 0 Å². The molecule has 2 aromatic rings. The molecule has 4 nitrogen and oxygen atoms in total. The van der Waals surface area contributed by atoms with E-state index in [1.54, 1.807) is 19.2 Å². The second-order valence-electron chi connectivity index (χ2n) is 5.00. The van der Waals surface area contributed by atoms with E-state index in [-0.39, 0.29) is 12.5 Å². The van der Waals surface area contributed by atoms with Gasteiger partial charge in [0.05, 0.1) is 32.8 Å². The third-order valence-corrected chi connectivity index (χ3v) is 3.65. The molecule has 0 saturated heterocycles. The van der Waals surface area contributed by atoms with Crippen LogP contribution in [0.15, 0.2) is 42.5 Å². The minimum absolute atomic E-state index is 0.0181. The van der Waals surface area contributed by atoms with Crippen LogP contribution in [0.3, 0.4) is 0 Å². The summed E-state index contributed by atoms with van der Waals surface area (Å²) in [5.74, 6) is 2.46. The zero-order chi connectivity index (χ0) is 14.7. The number of benzene rings is 2. The number of aliphatic hydroxyl groups is 1. The monoisotopic (exact) mass is 286 g/mol. The van der Waals surface area contributed by atoms with E-state index in [1.165, 1.54) is 5.56 Å². The first kappa shape index (κ1) is 13.8. The molecule has 0 spiro atoms. The molecule has 21 heavy (non-hydrogen) atoms. The van der Waals surface area contributed by atoms with E-state index in [1.807, 2.05) is 24.3 Å². The molecule has 110 valence electrons. The van der Waals surface area contributed by atoms with Gasteiger partial charge in [0.2, 0.25) is 0 Å². The van der Waals surface area contributed by atoms with Gasteiger partial charge in [0.1, 0.15) is 5.75 Å². The number of ether oxygens (including phenoxy) is 3. The van der Waals surface area contributed by atoms with Crippen LogP contribution in [0.25, 0.3) is 0 Å². The molecule has 2 aromatic carbocycles. The summed E-state index contributed by atoms with van der Waals surface area (Å²) in [6.45, 7) is 1.12. The van der Waals surface area contributed by atoms with Crippen LogP contribution in [0.1, 0.15) is 17.0 Å². The molecule has 3 rings (SSSR count). The lowest BCUT2D eigenvalue weighted by Crippen LogP contribution is -2.12. The lowest BCUT2D eigenvalue weighted by molar-refractivity contribution is 0.238. The van der Waals surface area contributed by atoms with Gasteiger partial charge in [-0.1, -0.05) is 24.3 Å². The zero-order valence-electron chi connectivity index (χ0n) is 11.9. The minimum Gasteiger partial charge on any atom is -0.493 e. The first-order valence-corrected chi connectivity index (χ1v) is 6.94. The third-order valence-electron chi connectivity index (χ3n) is 3.65. The van der Waals surface area contributed by atoms with Gasteiger partial charge < -0.3 is 19.3 Å².